The zero-order chi connectivity index (χ0) is 10.0. The molecule has 0 spiro atoms. The maximum absolute atomic E-state index is 13.1. The van der Waals surface area contributed by atoms with Crippen molar-refractivity contribution in [2.45, 2.75) is 6.04 Å². The first-order valence-corrected chi connectivity index (χ1v) is 4.42. The minimum Gasteiger partial charge on any atom is -0.505 e. The molecule has 13 heavy (non-hydrogen) atoms. The SMILES string of the molecule is C=C[C@H](N)c1ccc(Br)c(F)c1O. The van der Waals surface area contributed by atoms with Gasteiger partial charge in [0, 0.05) is 5.56 Å². The third kappa shape index (κ3) is 1.89. The van der Waals surface area contributed by atoms with Crippen molar-refractivity contribution >= 4 is 15.9 Å². The first-order valence-electron chi connectivity index (χ1n) is 3.63. The summed E-state index contributed by atoms with van der Waals surface area (Å²) in [6.07, 6.45) is 1.43. The average molecular weight is 246 g/mol. The van der Waals surface area contributed by atoms with E-state index in [9.17, 15) is 9.50 Å². The van der Waals surface area contributed by atoms with E-state index < -0.39 is 17.6 Å². The molecule has 0 aromatic heterocycles. The van der Waals surface area contributed by atoms with Gasteiger partial charge >= 0.3 is 0 Å². The van der Waals surface area contributed by atoms with E-state index in [4.69, 9.17) is 5.73 Å². The maximum atomic E-state index is 13.1. The maximum Gasteiger partial charge on any atom is 0.179 e. The monoisotopic (exact) mass is 245 g/mol. The van der Waals surface area contributed by atoms with Gasteiger partial charge in [-0.2, -0.15) is 0 Å². The molecule has 0 unspecified atom stereocenters. The normalized spacial score (nSPS) is 12.5. The van der Waals surface area contributed by atoms with Crippen molar-refractivity contribution in [1.82, 2.24) is 0 Å². The van der Waals surface area contributed by atoms with Gasteiger partial charge in [-0.25, -0.2) is 4.39 Å². The molecule has 0 saturated heterocycles. The zero-order valence-electron chi connectivity index (χ0n) is 6.80. The fourth-order valence-electron chi connectivity index (χ4n) is 0.951. The minimum absolute atomic E-state index is 0.213. The first kappa shape index (κ1) is 10.2. The molecule has 1 atom stereocenters. The summed E-state index contributed by atoms with van der Waals surface area (Å²) in [5, 5.41) is 9.35. The van der Waals surface area contributed by atoms with Crippen LogP contribution in [0.25, 0.3) is 0 Å². The van der Waals surface area contributed by atoms with Gasteiger partial charge < -0.3 is 10.8 Å². The number of nitrogens with two attached hydrogens (primary N) is 1. The van der Waals surface area contributed by atoms with Crippen molar-refractivity contribution in [2.24, 2.45) is 5.73 Å². The third-order valence-electron chi connectivity index (χ3n) is 1.71. The van der Waals surface area contributed by atoms with Gasteiger partial charge in [0.2, 0.25) is 0 Å². The van der Waals surface area contributed by atoms with Gasteiger partial charge in [0.15, 0.2) is 11.6 Å². The molecule has 1 aromatic rings. The second kappa shape index (κ2) is 3.89. The molecule has 0 saturated carbocycles. The predicted octanol–water partition coefficient (Wildman–Crippen LogP) is 2.48. The number of halogens is 2. The summed E-state index contributed by atoms with van der Waals surface area (Å²) in [5.41, 5.74) is 5.88. The van der Waals surface area contributed by atoms with Crippen LogP contribution in [0.4, 0.5) is 4.39 Å². The molecule has 0 aliphatic rings. The summed E-state index contributed by atoms with van der Waals surface area (Å²) in [6.45, 7) is 3.46. The molecule has 4 heteroatoms. The average Bonchev–Trinajstić information content (AvgIpc) is 2.13. The second-order valence-electron chi connectivity index (χ2n) is 2.56. The largest absolute Gasteiger partial charge is 0.505 e. The van der Waals surface area contributed by atoms with Crippen molar-refractivity contribution in [3.8, 4) is 5.75 Å². The van der Waals surface area contributed by atoms with Crippen molar-refractivity contribution in [3.63, 3.8) is 0 Å². The number of hydrogen-bond donors (Lipinski definition) is 2. The van der Waals surface area contributed by atoms with Gasteiger partial charge in [-0.3, -0.25) is 0 Å². The second-order valence-corrected chi connectivity index (χ2v) is 3.42. The highest BCUT2D eigenvalue weighted by atomic mass is 79.9. The topological polar surface area (TPSA) is 46.2 Å². The van der Waals surface area contributed by atoms with E-state index in [1.807, 2.05) is 0 Å². The molecule has 2 nitrogen and oxygen atoms in total. The Morgan fingerprint density at radius 1 is 1.62 bits per heavy atom. The number of rotatable bonds is 2. The van der Waals surface area contributed by atoms with Crippen molar-refractivity contribution in [2.75, 3.05) is 0 Å². The molecular weight excluding hydrogens is 237 g/mol. The van der Waals surface area contributed by atoms with E-state index in [0.29, 0.717) is 5.56 Å². The molecular formula is C9H9BrFNO. The lowest BCUT2D eigenvalue weighted by atomic mass is 10.1. The van der Waals surface area contributed by atoms with Crippen LogP contribution < -0.4 is 5.73 Å². The number of hydrogen-bond acceptors (Lipinski definition) is 2. The molecule has 0 aliphatic heterocycles. The first-order chi connectivity index (χ1) is 6.07. The van der Waals surface area contributed by atoms with Gasteiger partial charge in [-0.05, 0) is 22.0 Å². The Morgan fingerprint density at radius 3 is 2.77 bits per heavy atom. The van der Waals surface area contributed by atoms with Gasteiger partial charge in [0.25, 0.3) is 0 Å². The van der Waals surface area contributed by atoms with E-state index in [0.717, 1.165) is 0 Å². The number of benzene rings is 1. The standard InChI is InChI=1S/C9H9BrFNO/c1-2-7(12)5-3-4-6(10)8(11)9(5)13/h2-4,7,13H,1,12H2/t7-/m0/s1. The molecule has 0 amide bonds. The minimum atomic E-state index is -0.699. The number of aromatic hydroxyl groups is 1. The van der Waals surface area contributed by atoms with Crippen LogP contribution in [0, 0.1) is 5.82 Å². The molecule has 0 fully saturated rings. The Morgan fingerprint density at radius 2 is 2.23 bits per heavy atom. The molecule has 0 bridgehead atoms. The van der Waals surface area contributed by atoms with Gasteiger partial charge in [0.05, 0.1) is 10.5 Å². The predicted molar refractivity (Wildman–Crippen MR) is 52.9 cm³/mol. The molecule has 1 rings (SSSR count). The van der Waals surface area contributed by atoms with Crippen LogP contribution in [0.15, 0.2) is 29.3 Å². The molecule has 0 aliphatic carbocycles. The zero-order valence-corrected chi connectivity index (χ0v) is 8.38. The van der Waals surface area contributed by atoms with Crippen LogP contribution in [-0.4, -0.2) is 5.11 Å². The van der Waals surface area contributed by atoms with Gasteiger partial charge in [-0.15, -0.1) is 6.58 Å². The molecule has 0 heterocycles. The lowest BCUT2D eigenvalue weighted by Crippen LogP contribution is -2.07. The van der Waals surface area contributed by atoms with E-state index in [1.54, 1.807) is 6.07 Å². The molecule has 3 N–H and O–H groups in total. The molecule has 1 aromatic carbocycles. The Bertz CT molecular complexity index is 341. The van der Waals surface area contributed by atoms with Gasteiger partial charge in [0.1, 0.15) is 0 Å². The third-order valence-corrected chi connectivity index (χ3v) is 2.33. The summed E-state index contributed by atoms with van der Waals surface area (Å²) in [5.74, 6) is -1.13. The Hall–Kier alpha value is -0.870. The van der Waals surface area contributed by atoms with Gasteiger partial charge in [-0.1, -0.05) is 12.1 Å². The highest BCUT2D eigenvalue weighted by molar-refractivity contribution is 9.10. The Balaban J connectivity index is 3.25. The quantitative estimate of drug-likeness (QED) is 0.787. The highest BCUT2D eigenvalue weighted by Crippen LogP contribution is 2.31. The summed E-state index contributed by atoms with van der Waals surface area (Å²) in [6, 6.07) is 2.49. The van der Waals surface area contributed by atoms with Crippen molar-refractivity contribution < 1.29 is 9.50 Å². The lowest BCUT2D eigenvalue weighted by molar-refractivity contribution is 0.422. The van der Waals surface area contributed by atoms with E-state index in [2.05, 4.69) is 22.5 Å². The van der Waals surface area contributed by atoms with Crippen molar-refractivity contribution in [1.29, 1.82) is 0 Å². The van der Waals surface area contributed by atoms with E-state index in [1.165, 1.54) is 12.1 Å². The Labute approximate surface area is 84.0 Å². The Kier molecular flexibility index (Phi) is 3.06. The van der Waals surface area contributed by atoms with E-state index >= 15 is 0 Å². The highest BCUT2D eigenvalue weighted by Gasteiger charge is 2.13. The van der Waals surface area contributed by atoms with Crippen LogP contribution in [0.3, 0.4) is 0 Å². The van der Waals surface area contributed by atoms with Crippen LogP contribution in [0.2, 0.25) is 0 Å². The fourth-order valence-corrected chi connectivity index (χ4v) is 1.27. The van der Waals surface area contributed by atoms with E-state index in [-0.39, 0.29) is 4.47 Å². The summed E-state index contributed by atoms with van der Waals surface area (Å²) in [7, 11) is 0. The summed E-state index contributed by atoms with van der Waals surface area (Å²) in [4.78, 5) is 0. The van der Waals surface area contributed by atoms with Crippen molar-refractivity contribution in [3.05, 3.63) is 40.6 Å². The molecule has 70 valence electrons. The fraction of sp³-hybridized carbons (Fsp3) is 0.111. The summed E-state index contributed by atoms with van der Waals surface area (Å²) < 4.78 is 13.3. The smallest absolute Gasteiger partial charge is 0.179 e. The summed E-state index contributed by atoms with van der Waals surface area (Å²) >= 11 is 2.95. The number of phenols is 1. The van der Waals surface area contributed by atoms with Crippen LogP contribution in [0.1, 0.15) is 11.6 Å². The van der Waals surface area contributed by atoms with Crippen LogP contribution in [0.5, 0.6) is 5.75 Å². The number of phenolic OH excluding ortho intramolecular Hbond substituents is 1. The van der Waals surface area contributed by atoms with Crippen LogP contribution >= 0.6 is 15.9 Å². The molecule has 0 radical (unpaired) electrons. The van der Waals surface area contributed by atoms with Crippen LogP contribution in [-0.2, 0) is 0 Å². The lowest BCUT2D eigenvalue weighted by Gasteiger charge is -2.09.